The maximum Gasteiger partial charge on any atom is 0.419 e. The van der Waals surface area contributed by atoms with E-state index in [1.54, 1.807) is 73.7 Å². The van der Waals surface area contributed by atoms with Gasteiger partial charge in [-0.15, -0.1) is 0 Å². The molecule has 0 unspecified atom stereocenters. The standard InChI is InChI=1S/C25H36N2O5/c1-23(2,3)31-21(28)18(26)14-17-15-27(22(29)32-24(4,5)6)19-11-9-10-16(20(17)19)12-13-25(7,8)30/h9-13,15,18,30H,14,26H2,1-8H3/b13-12+/t18-/m0/s1. The molecule has 0 aliphatic heterocycles. The Kier molecular flexibility index (Phi) is 7.27. The smallest absolute Gasteiger partial charge is 0.419 e. The zero-order chi connectivity index (χ0) is 24.5. The second-order valence-electron chi connectivity index (χ2n) is 10.6. The lowest BCUT2D eigenvalue weighted by molar-refractivity contribution is -0.156. The van der Waals surface area contributed by atoms with Crippen LogP contribution in [0, 0.1) is 0 Å². The fraction of sp³-hybridized carbons (Fsp3) is 0.520. The van der Waals surface area contributed by atoms with Crippen molar-refractivity contribution in [2.45, 2.75) is 84.7 Å². The Labute approximate surface area is 190 Å². The van der Waals surface area contributed by atoms with Crippen LogP contribution in [-0.4, -0.2) is 44.6 Å². The minimum Gasteiger partial charge on any atom is -0.459 e. The van der Waals surface area contributed by atoms with E-state index in [-0.39, 0.29) is 6.42 Å². The molecule has 0 aliphatic carbocycles. The number of nitrogens with two attached hydrogens (primary N) is 1. The zero-order valence-electron chi connectivity index (χ0n) is 20.4. The minimum absolute atomic E-state index is 0.175. The molecule has 0 saturated heterocycles. The normalized spacial score (nSPS) is 14.1. The van der Waals surface area contributed by atoms with Crippen molar-refractivity contribution in [2.75, 3.05) is 0 Å². The average molecular weight is 445 g/mol. The van der Waals surface area contributed by atoms with E-state index in [1.807, 2.05) is 18.2 Å². The zero-order valence-corrected chi connectivity index (χ0v) is 20.4. The molecule has 0 saturated carbocycles. The molecule has 0 spiro atoms. The summed E-state index contributed by atoms with van der Waals surface area (Å²) in [6.07, 6.45) is 4.77. The molecule has 1 heterocycles. The minimum atomic E-state index is -1.01. The molecule has 32 heavy (non-hydrogen) atoms. The Hall–Kier alpha value is -2.64. The van der Waals surface area contributed by atoms with Crippen LogP contribution in [0.3, 0.4) is 0 Å². The van der Waals surface area contributed by atoms with Crippen molar-refractivity contribution in [1.29, 1.82) is 0 Å². The van der Waals surface area contributed by atoms with Gasteiger partial charge in [-0.05, 0) is 72.6 Å². The van der Waals surface area contributed by atoms with Gasteiger partial charge in [0.25, 0.3) is 0 Å². The molecular formula is C25H36N2O5. The van der Waals surface area contributed by atoms with E-state index >= 15 is 0 Å². The van der Waals surface area contributed by atoms with Gasteiger partial charge in [-0.2, -0.15) is 0 Å². The number of nitrogens with zero attached hydrogens (tertiary/aromatic N) is 1. The fourth-order valence-corrected chi connectivity index (χ4v) is 3.15. The molecule has 176 valence electrons. The predicted octanol–water partition coefficient (Wildman–Crippen LogP) is 4.42. The molecule has 7 nitrogen and oxygen atoms in total. The van der Waals surface area contributed by atoms with E-state index < -0.39 is 34.9 Å². The van der Waals surface area contributed by atoms with Gasteiger partial charge in [-0.3, -0.25) is 9.36 Å². The summed E-state index contributed by atoms with van der Waals surface area (Å²) in [4.78, 5) is 25.4. The molecule has 0 bridgehead atoms. The summed E-state index contributed by atoms with van der Waals surface area (Å²) in [7, 11) is 0. The predicted molar refractivity (Wildman–Crippen MR) is 126 cm³/mol. The Morgan fingerprint density at radius 3 is 2.19 bits per heavy atom. The SMILES string of the molecule is CC(C)(O)/C=C/c1cccc2c1c(C[C@H](N)C(=O)OC(C)(C)C)cn2C(=O)OC(C)(C)C. The number of carbonyl (C=O) groups is 2. The lowest BCUT2D eigenvalue weighted by Crippen LogP contribution is -2.38. The molecule has 1 aromatic heterocycles. The number of esters is 1. The third-order valence-electron chi connectivity index (χ3n) is 4.35. The topological polar surface area (TPSA) is 104 Å². The van der Waals surface area contributed by atoms with Gasteiger partial charge in [0, 0.05) is 18.0 Å². The van der Waals surface area contributed by atoms with Crippen molar-refractivity contribution in [3.8, 4) is 0 Å². The summed E-state index contributed by atoms with van der Waals surface area (Å²) in [6.45, 7) is 14.1. The first-order chi connectivity index (χ1) is 14.5. The number of carbonyl (C=O) groups excluding carboxylic acids is 2. The Morgan fingerprint density at radius 1 is 1.06 bits per heavy atom. The highest BCUT2D eigenvalue weighted by molar-refractivity contribution is 5.97. The maximum atomic E-state index is 12.9. The number of benzene rings is 1. The van der Waals surface area contributed by atoms with E-state index in [9.17, 15) is 14.7 Å². The second-order valence-corrected chi connectivity index (χ2v) is 10.6. The number of hydrogen-bond acceptors (Lipinski definition) is 6. The average Bonchev–Trinajstić information content (AvgIpc) is 2.95. The number of aromatic nitrogens is 1. The van der Waals surface area contributed by atoms with Crippen LogP contribution in [0.4, 0.5) is 4.79 Å². The van der Waals surface area contributed by atoms with E-state index in [0.717, 1.165) is 10.9 Å². The highest BCUT2D eigenvalue weighted by atomic mass is 16.6. The van der Waals surface area contributed by atoms with Gasteiger partial charge in [0.15, 0.2) is 0 Å². The number of aliphatic hydroxyl groups is 1. The maximum absolute atomic E-state index is 12.9. The summed E-state index contributed by atoms with van der Waals surface area (Å²) in [5.74, 6) is -0.514. The summed E-state index contributed by atoms with van der Waals surface area (Å²) in [5.41, 5.74) is 5.97. The molecule has 0 amide bonds. The van der Waals surface area contributed by atoms with Crippen molar-refractivity contribution >= 4 is 29.0 Å². The number of rotatable bonds is 5. The van der Waals surface area contributed by atoms with Crippen molar-refractivity contribution in [3.63, 3.8) is 0 Å². The lowest BCUT2D eigenvalue weighted by Gasteiger charge is -2.22. The van der Waals surface area contributed by atoms with Crippen LogP contribution < -0.4 is 5.73 Å². The van der Waals surface area contributed by atoms with Crippen molar-refractivity contribution in [2.24, 2.45) is 5.73 Å². The third kappa shape index (κ3) is 7.21. The molecule has 0 aliphatic rings. The quantitative estimate of drug-likeness (QED) is 0.662. The van der Waals surface area contributed by atoms with Gasteiger partial charge in [0.1, 0.15) is 17.2 Å². The molecule has 0 fully saturated rings. The van der Waals surface area contributed by atoms with E-state index in [1.165, 1.54) is 4.57 Å². The lowest BCUT2D eigenvalue weighted by atomic mass is 9.99. The van der Waals surface area contributed by atoms with Gasteiger partial charge in [0.05, 0.1) is 11.1 Å². The third-order valence-corrected chi connectivity index (χ3v) is 4.35. The summed E-state index contributed by atoms with van der Waals surface area (Å²) < 4.78 is 12.4. The highest BCUT2D eigenvalue weighted by Crippen LogP contribution is 2.29. The number of fused-ring (bicyclic) bond motifs is 1. The molecule has 1 atom stereocenters. The number of hydrogen-bond donors (Lipinski definition) is 2. The largest absolute Gasteiger partial charge is 0.459 e. The van der Waals surface area contributed by atoms with Crippen molar-refractivity contribution in [1.82, 2.24) is 4.57 Å². The van der Waals surface area contributed by atoms with E-state index in [2.05, 4.69) is 0 Å². The van der Waals surface area contributed by atoms with Gasteiger partial charge in [0.2, 0.25) is 0 Å². The molecule has 2 aromatic rings. The second kappa shape index (κ2) is 9.08. The van der Waals surface area contributed by atoms with Crippen LogP contribution in [0.1, 0.15) is 66.5 Å². The molecule has 1 aromatic carbocycles. The van der Waals surface area contributed by atoms with Gasteiger partial charge >= 0.3 is 12.1 Å². The first-order valence-electron chi connectivity index (χ1n) is 10.7. The van der Waals surface area contributed by atoms with Gasteiger partial charge in [-0.25, -0.2) is 4.79 Å². The molecule has 3 N–H and O–H groups in total. The van der Waals surface area contributed by atoms with Crippen LogP contribution >= 0.6 is 0 Å². The Bertz CT molecular complexity index is 1010. The monoisotopic (exact) mass is 444 g/mol. The molecule has 7 heteroatoms. The van der Waals surface area contributed by atoms with Crippen molar-refractivity contribution in [3.05, 3.63) is 41.6 Å². The molecular weight excluding hydrogens is 408 g/mol. The summed E-state index contributed by atoms with van der Waals surface area (Å²) in [6, 6.07) is 4.61. The first kappa shape index (κ1) is 25.6. The summed E-state index contributed by atoms with van der Waals surface area (Å²) >= 11 is 0. The van der Waals surface area contributed by atoms with Crippen LogP contribution in [-0.2, 0) is 20.7 Å². The Morgan fingerprint density at radius 2 is 1.66 bits per heavy atom. The van der Waals surface area contributed by atoms with E-state index in [4.69, 9.17) is 15.2 Å². The highest BCUT2D eigenvalue weighted by Gasteiger charge is 2.26. The van der Waals surface area contributed by atoms with E-state index in [0.29, 0.717) is 11.1 Å². The van der Waals surface area contributed by atoms with Crippen LogP contribution in [0.2, 0.25) is 0 Å². The van der Waals surface area contributed by atoms with Gasteiger partial charge in [-0.1, -0.05) is 24.3 Å². The van der Waals surface area contributed by atoms with Crippen LogP contribution in [0.25, 0.3) is 17.0 Å². The van der Waals surface area contributed by atoms with Crippen molar-refractivity contribution < 1.29 is 24.2 Å². The molecule has 0 radical (unpaired) electrons. The van der Waals surface area contributed by atoms with Crippen LogP contribution in [0.5, 0.6) is 0 Å². The number of ether oxygens (including phenoxy) is 2. The molecule has 2 rings (SSSR count). The van der Waals surface area contributed by atoms with Gasteiger partial charge < -0.3 is 20.3 Å². The fourth-order valence-electron chi connectivity index (χ4n) is 3.15. The summed E-state index contributed by atoms with van der Waals surface area (Å²) in [5, 5.41) is 10.9. The Balaban J connectivity index is 2.58. The first-order valence-corrected chi connectivity index (χ1v) is 10.7. The van der Waals surface area contributed by atoms with Crippen LogP contribution in [0.15, 0.2) is 30.5 Å².